The van der Waals surface area contributed by atoms with Gasteiger partial charge in [-0.05, 0) is 36.6 Å². The highest BCUT2D eigenvalue weighted by atomic mass is 79.9. The zero-order valence-corrected chi connectivity index (χ0v) is 11.2. The van der Waals surface area contributed by atoms with Crippen molar-refractivity contribution in [2.75, 3.05) is 0 Å². The van der Waals surface area contributed by atoms with E-state index in [9.17, 15) is 4.79 Å². The van der Waals surface area contributed by atoms with Gasteiger partial charge in [0.25, 0.3) is 0 Å². The van der Waals surface area contributed by atoms with Crippen LogP contribution in [-0.2, 0) is 11.2 Å². The van der Waals surface area contributed by atoms with Gasteiger partial charge in [-0.1, -0.05) is 39.1 Å². The first-order chi connectivity index (χ1) is 6.91. The SMILES string of the molecule is Cc1cc(Cl)c(CC(Br)C(N)=O)cc1Cl. The highest BCUT2D eigenvalue weighted by Crippen LogP contribution is 2.26. The van der Waals surface area contributed by atoms with Gasteiger partial charge in [-0.15, -0.1) is 0 Å². The summed E-state index contributed by atoms with van der Waals surface area (Å²) in [5, 5.41) is 1.24. The van der Waals surface area contributed by atoms with E-state index in [4.69, 9.17) is 28.9 Å². The molecule has 0 spiro atoms. The molecule has 0 aromatic heterocycles. The Kier molecular flexibility index (Phi) is 4.44. The number of carbonyl (C=O) groups excluding carboxylic acids is 1. The first kappa shape index (κ1) is 12.8. The molecule has 82 valence electrons. The van der Waals surface area contributed by atoms with Crippen LogP contribution in [0, 0.1) is 6.92 Å². The van der Waals surface area contributed by atoms with Crippen molar-refractivity contribution in [3.63, 3.8) is 0 Å². The predicted octanol–water partition coefficient (Wildman–Crippen LogP) is 3.09. The van der Waals surface area contributed by atoms with E-state index in [2.05, 4.69) is 15.9 Å². The topological polar surface area (TPSA) is 43.1 Å². The Morgan fingerprint density at radius 3 is 2.60 bits per heavy atom. The summed E-state index contributed by atoms with van der Waals surface area (Å²) in [6.07, 6.45) is 0.439. The number of alkyl halides is 1. The number of nitrogens with two attached hydrogens (primary N) is 1. The van der Waals surface area contributed by atoms with Crippen LogP contribution in [0.3, 0.4) is 0 Å². The van der Waals surface area contributed by atoms with Gasteiger partial charge in [0.2, 0.25) is 5.91 Å². The van der Waals surface area contributed by atoms with Gasteiger partial charge < -0.3 is 5.73 Å². The second kappa shape index (κ2) is 5.19. The Labute approximate surface area is 107 Å². The lowest BCUT2D eigenvalue weighted by atomic mass is 10.1. The van der Waals surface area contributed by atoms with Crippen molar-refractivity contribution in [2.45, 2.75) is 18.2 Å². The maximum absolute atomic E-state index is 10.9. The fourth-order valence-corrected chi connectivity index (χ4v) is 1.97. The Hall–Kier alpha value is -0.250. The van der Waals surface area contributed by atoms with Crippen molar-refractivity contribution >= 4 is 45.0 Å². The van der Waals surface area contributed by atoms with Crippen LogP contribution < -0.4 is 5.73 Å². The maximum atomic E-state index is 10.9. The number of hydrogen-bond donors (Lipinski definition) is 1. The molecule has 15 heavy (non-hydrogen) atoms. The van der Waals surface area contributed by atoms with Gasteiger partial charge in [-0.3, -0.25) is 4.79 Å². The molecule has 0 aliphatic carbocycles. The number of hydrogen-bond acceptors (Lipinski definition) is 1. The molecule has 0 heterocycles. The number of amides is 1. The van der Waals surface area contributed by atoms with E-state index in [1.165, 1.54) is 0 Å². The molecule has 5 heteroatoms. The third kappa shape index (κ3) is 3.37. The largest absolute Gasteiger partial charge is 0.369 e. The molecule has 1 rings (SSSR count). The summed E-state index contributed by atoms with van der Waals surface area (Å²) in [5.74, 6) is -0.414. The van der Waals surface area contributed by atoms with E-state index >= 15 is 0 Å². The van der Waals surface area contributed by atoms with Crippen LogP contribution in [0.2, 0.25) is 10.0 Å². The molecule has 2 N–H and O–H groups in total. The minimum absolute atomic E-state index is 0.414. The molecule has 0 fully saturated rings. The minimum atomic E-state index is -0.422. The monoisotopic (exact) mass is 309 g/mol. The first-order valence-electron chi connectivity index (χ1n) is 4.29. The zero-order valence-electron chi connectivity index (χ0n) is 8.06. The van der Waals surface area contributed by atoms with Gasteiger partial charge >= 0.3 is 0 Å². The molecule has 0 aliphatic heterocycles. The Morgan fingerprint density at radius 2 is 2.07 bits per heavy atom. The van der Waals surface area contributed by atoms with Gasteiger partial charge in [0.1, 0.15) is 0 Å². The zero-order chi connectivity index (χ0) is 11.6. The molecule has 1 aromatic carbocycles. The second-order valence-electron chi connectivity index (χ2n) is 3.27. The van der Waals surface area contributed by atoms with Crippen LogP contribution in [0.15, 0.2) is 12.1 Å². The lowest BCUT2D eigenvalue weighted by molar-refractivity contribution is -0.117. The number of benzene rings is 1. The fourth-order valence-electron chi connectivity index (χ4n) is 1.14. The van der Waals surface area contributed by atoms with Crippen LogP contribution in [0.4, 0.5) is 0 Å². The van der Waals surface area contributed by atoms with Gasteiger partial charge in [0.05, 0.1) is 4.83 Å². The molecular weight excluding hydrogens is 301 g/mol. The first-order valence-corrected chi connectivity index (χ1v) is 5.97. The summed E-state index contributed by atoms with van der Waals surface area (Å²) < 4.78 is 0. The average Bonchev–Trinajstić information content (AvgIpc) is 2.13. The standard InChI is InChI=1S/C10H10BrCl2NO/c1-5-2-9(13)6(4-8(5)12)3-7(11)10(14)15/h2,4,7H,3H2,1H3,(H2,14,15). The van der Waals surface area contributed by atoms with Crippen LogP contribution >= 0.6 is 39.1 Å². The predicted molar refractivity (Wildman–Crippen MR) is 66.8 cm³/mol. The van der Waals surface area contributed by atoms with Crippen LogP contribution in [0.1, 0.15) is 11.1 Å². The summed E-state index contributed by atoms with van der Waals surface area (Å²) in [6, 6.07) is 3.54. The van der Waals surface area contributed by atoms with Crippen LogP contribution in [-0.4, -0.2) is 10.7 Å². The van der Waals surface area contributed by atoms with Crippen molar-refractivity contribution in [2.24, 2.45) is 5.73 Å². The highest BCUT2D eigenvalue weighted by molar-refractivity contribution is 9.10. The lowest BCUT2D eigenvalue weighted by Crippen LogP contribution is -2.25. The van der Waals surface area contributed by atoms with Crippen LogP contribution in [0.5, 0.6) is 0 Å². The number of rotatable bonds is 3. The lowest BCUT2D eigenvalue weighted by Gasteiger charge is -2.09. The Balaban J connectivity index is 2.95. The molecule has 0 saturated heterocycles. The van der Waals surface area contributed by atoms with Gasteiger partial charge in [-0.2, -0.15) is 0 Å². The van der Waals surface area contributed by atoms with Gasteiger partial charge in [-0.25, -0.2) is 0 Å². The fraction of sp³-hybridized carbons (Fsp3) is 0.300. The van der Waals surface area contributed by atoms with E-state index in [0.717, 1.165) is 11.1 Å². The maximum Gasteiger partial charge on any atom is 0.231 e. The summed E-state index contributed by atoms with van der Waals surface area (Å²) in [5.41, 5.74) is 6.87. The molecule has 1 atom stereocenters. The molecule has 1 amide bonds. The molecular formula is C10H10BrCl2NO. The normalized spacial score (nSPS) is 12.5. The molecule has 0 aliphatic rings. The van der Waals surface area contributed by atoms with Crippen LogP contribution in [0.25, 0.3) is 0 Å². The quantitative estimate of drug-likeness (QED) is 0.857. The average molecular weight is 311 g/mol. The van der Waals surface area contributed by atoms with E-state index in [1.807, 2.05) is 6.92 Å². The van der Waals surface area contributed by atoms with Gasteiger partial charge in [0, 0.05) is 10.0 Å². The van der Waals surface area contributed by atoms with Crippen molar-refractivity contribution < 1.29 is 4.79 Å². The molecule has 0 saturated carbocycles. The highest BCUT2D eigenvalue weighted by Gasteiger charge is 2.14. The van der Waals surface area contributed by atoms with E-state index in [1.54, 1.807) is 12.1 Å². The number of carbonyl (C=O) groups is 1. The van der Waals surface area contributed by atoms with E-state index in [0.29, 0.717) is 16.5 Å². The van der Waals surface area contributed by atoms with Crippen molar-refractivity contribution in [3.8, 4) is 0 Å². The molecule has 0 radical (unpaired) electrons. The molecule has 0 bridgehead atoms. The summed E-state index contributed by atoms with van der Waals surface area (Å²) in [4.78, 5) is 10.4. The second-order valence-corrected chi connectivity index (χ2v) is 5.19. The molecule has 1 unspecified atom stereocenters. The third-order valence-corrected chi connectivity index (χ3v) is 3.57. The van der Waals surface area contributed by atoms with E-state index in [-0.39, 0.29) is 0 Å². The number of primary amides is 1. The number of halogens is 3. The minimum Gasteiger partial charge on any atom is -0.369 e. The van der Waals surface area contributed by atoms with Crippen molar-refractivity contribution in [1.29, 1.82) is 0 Å². The summed E-state index contributed by atoms with van der Waals surface area (Å²) in [6.45, 7) is 1.87. The van der Waals surface area contributed by atoms with E-state index < -0.39 is 10.7 Å². The summed E-state index contributed by atoms with van der Waals surface area (Å²) >= 11 is 15.2. The third-order valence-electron chi connectivity index (χ3n) is 2.04. The Bertz CT molecular complexity index is 395. The Morgan fingerprint density at radius 1 is 1.47 bits per heavy atom. The number of aryl methyl sites for hydroxylation is 1. The summed E-state index contributed by atoms with van der Waals surface area (Å²) in [7, 11) is 0. The smallest absolute Gasteiger partial charge is 0.231 e. The molecule has 2 nitrogen and oxygen atoms in total. The van der Waals surface area contributed by atoms with Gasteiger partial charge in [0.15, 0.2) is 0 Å². The molecule has 1 aromatic rings. The van der Waals surface area contributed by atoms with Crippen molar-refractivity contribution in [1.82, 2.24) is 0 Å². The van der Waals surface area contributed by atoms with Crippen molar-refractivity contribution in [3.05, 3.63) is 33.3 Å².